The van der Waals surface area contributed by atoms with Crippen LogP contribution < -0.4 is 15.0 Å². The van der Waals surface area contributed by atoms with Crippen LogP contribution >= 0.6 is 31.9 Å². The Morgan fingerprint density at radius 1 is 1.02 bits per heavy atom. The summed E-state index contributed by atoms with van der Waals surface area (Å²) in [6, 6.07) is 24.3. The van der Waals surface area contributed by atoms with Crippen LogP contribution in [0.1, 0.15) is 11.1 Å². The molecule has 2 aromatic heterocycles. The van der Waals surface area contributed by atoms with Crippen molar-refractivity contribution in [1.29, 1.82) is 0 Å². The van der Waals surface area contributed by atoms with Crippen molar-refractivity contribution in [2.24, 2.45) is 5.10 Å². The van der Waals surface area contributed by atoms with E-state index >= 15 is 0 Å². The van der Waals surface area contributed by atoms with Crippen molar-refractivity contribution in [3.63, 3.8) is 0 Å². The number of aromatic nitrogens is 2. The number of benzene rings is 4. The van der Waals surface area contributed by atoms with E-state index in [0.29, 0.717) is 49.3 Å². The minimum absolute atomic E-state index is 0.149. The molecular weight excluding hydrogens is 657 g/mol. The first-order chi connectivity index (χ1) is 19.9. The molecule has 0 saturated carbocycles. The fraction of sp³-hybridized carbons (Fsp3) is 0.0645. The molecule has 10 heteroatoms. The summed E-state index contributed by atoms with van der Waals surface area (Å²) in [5.74, 6) is 1.21. The van der Waals surface area contributed by atoms with Gasteiger partial charge in [-0.3, -0.25) is 4.79 Å². The lowest BCUT2D eigenvalue weighted by molar-refractivity contribution is 0.282. The van der Waals surface area contributed by atoms with E-state index in [1.54, 1.807) is 42.5 Å². The van der Waals surface area contributed by atoms with E-state index in [4.69, 9.17) is 18.9 Å². The summed E-state index contributed by atoms with van der Waals surface area (Å²) in [5.41, 5.74) is 2.16. The minimum Gasteiger partial charge on any atom is -0.493 e. The molecule has 0 N–H and O–H groups in total. The van der Waals surface area contributed by atoms with Crippen LogP contribution in [0.3, 0.4) is 0 Å². The Balaban J connectivity index is 1.40. The standard InChI is InChI=1S/C31H20Br2FN3O4/c1-39-27-13-19(12-24(33)29(27)40-17-18-5-4-6-22(34)11-18)16-35-37-30(36-25-8-3-2-7-23(25)31(37)38)28-15-20-14-21(32)9-10-26(20)41-28/h2-16H,17H2,1H3. The molecule has 0 atom stereocenters. The van der Waals surface area contributed by atoms with Crippen molar-refractivity contribution in [2.45, 2.75) is 6.61 Å². The van der Waals surface area contributed by atoms with Crippen LogP contribution in [0, 0.1) is 5.82 Å². The smallest absolute Gasteiger partial charge is 0.282 e. The first-order valence-corrected chi connectivity index (χ1v) is 14.0. The zero-order valence-electron chi connectivity index (χ0n) is 21.5. The number of halogens is 3. The van der Waals surface area contributed by atoms with Crippen LogP contribution in [0.25, 0.3) is 33.5 Å². The number of rotatable bonds is 7. The summed E-state index contributed by atoms with van der Waals surface area (Å²) >= 11 is 7.02. The highest BCUT2D eigenvalue weighted by atomic mass is 79.9. The second-order valence-electron chi connectivity index (χ2n) is 9.06. The Morgan fingerprint density at radius 3 is 2.71 bits per heavy atom. The molecule has 4 aromatic carbocycles. The SMILES string of the molecule is COc1cc(C=Nn2c(-c3cc4cc(Br)ccc4o3)nc3ccccc3c2=O)cc(Br)c1OCc1cccc(F)c1. The third-order valence-electron chi connectivity index (χ3n) is 6.30. The summed E-state index contributed by atoms with van der Waals surface area (Å²) in [6.45, 7) is 0.149. The van der Waals surface area contributed by atoms with Crippen molar-refractivity contribution in [1.82, 2.24) is 9.66 Å². The minimum atomic E-state index is -0.343. The molecular formula is C31H20Br2FN3O4. The van der Waals surface area contributed by atoms with Gasteiger partial charge in [0.2, 0.25) is 5.82 Å². The second-order valence-corrected chi connectivity index (χ2v) is 10.8. The number of ether oxygens (including phenoxy) is 2. The molecule has 0 unspecified atom stereocenters. The molecule has 0 saturated heterocycles. The van der Waals surface area contributed by atoms with Crippen molar-refractivity contribution < 1.29 is 18.3 Å². The Bertz CT molecular complexity index is 2020. The van der Waals surface area contributed by atoms with E-state index in [1.807, 2.05) is 30.3 Å². The van der Waals surface area contributed by atoms with E-state index in [2.05, 4.69) is 37.0 Å². The molecule has 204 valence electrons. The highest BCUT2D eigenvalue weighted by Crippen LogP contribution is 2.37. The quantitative estimate of drug-likeness (QED) is 0.160. The Morgan fingerprint density at radius 2 is 1.88 bits per heavy atom. The number of hydrogen-bond acceptors (Lipinski definition) is 6. The second kappa shape index (κ2) is 11.3. The van der Waals surface area contributed by atoms with Gasteiger partial charge in [0.25, 0.3) is 5.56 Å². The Kier molecular flexibility index (Phi) is 7.42. The van der Waals surface area contributed by atoms with E-state index in [1.165, 1.54) is 30.1 Å². The maximum absolute atomic E-state index is 13.6. The van der Waals surface area contributed by atoms with Crippen molar-refractivity contribution in [3.05, 3.63) is 121 Å². The summed E-state index contributed by atoms with van der Waals surface area (Å²) in [4.78, 5) is 18.3. The van der Waals surface area contributed by atoms with Crippen LogP contribution in [0.2, 0.25) is 0 Å². The van der Waals surface area contributed by atoms with Crippen LogP contribution in [0.4, 0.5) is 4.39 Å². The molecule has 6 rings (SSSR count). The van der Waals surface area contributed by atoms with Crippen molar-refractivity contribution >= 4 is 59.9 Å². The molecule has 0 aliphatic carbocycles. The van der Waals surface area contributed by atoms with Gasteiger partial charge in [-0.05, 0) is 87.7 Å². The number of fused-ring (bicyclic) bond motifs is 2. The highest BCUT2D eigenvalue weighted by Gasteiger charge is 2.17. The number of nitrogens with zero attached hydrogens (tertiary/aromatic N) is 3. The van der Waals surface area contributed by atoms with Crippen LogP contribution in [0.5, 0.6) is 11.5 Å². The van der Waals surface area contributed by atoms with Gasteiger partial charge in [-0.25, -0.2) is 9.37 Å². The van der Waals surface area contributed by atoms with Crippen molar-refractivity contribution in [2.75, 3.05) is 7.11 Å². The normalized spacial score (nSPS) is 11.5. The fourth-order valence-electron chi connectivity index (χ4n) is 4.38. The lowest BCUT2D eigenvalue weighted by Gasteiger charge is -2.14. The average molecular weight is 677 g/mol. The largest absolute Gasteiger partial charge is 0.493 e. The maximum atomic E-state index is 13.6. The van der Waals surface area contributed by atoms with E-state index < -0.39 is 0 Å². The molecule has 6 aromatic rings. The summed E-state index contributed by atoms with van der Waals surface area (Å²) in [7, 11) is 1.52. The fourth-order valence-corrected chi connectivity index (χ4v) is 5.33. The number of hydrogen-bond donors (Lipinski definition) is 0. The van der Waals surface area contributed by atoms with Crippen LogP contribution in [-0.4, -0.2) is 23.0 Å². The van der Waals surface area contributed by atoms with Gasteiger partial charge in [-0.1, -0.05) is 40.2 Å². The molecule has 0 radical (unpaired) electrons. The molecule has 2 heterocycles. The lowest BCUT2D eigenvalue weighted by atomic mass is 10.2. The lowest BCUT2D eigenvalue weighted by Crippen LogP contribution is -2.20. The third-order valence-corrected chi connectivity index (χ3v) is 7.38. The first kappa shape index (κ1) is 26.9. The summed E-state index contributed by atoms with van der Waals surface area (Å²) in [6.07, 6.45) is 1.53. The van der Waals surface area contributed by atoms with Gasteiger partial charge >= 0.3 is 0 Å². The maximum Gasteiger partial charge on any atom is 0.282 e. The first-order valence-electron chi connectivity index (χ1n) is 12.4. The number of furan rings is 1. The van der Waals surface area contributed by atoms with E-state index in [0.717, 1.165) is 9.86 Å². The van der Waals surface area contributed by atoms with Crippen LogP contribution in [0.15, 0.2) is 108 Å². The zero-order valence-corrected chi connectivity index (χ0v) is 24.6. The van der Waals surface area contributed by atoms with Gasteiger partial charge in [0, 0.05) is 9.86 Å². The Hall–Kier alpha value is -4.28. The number of methoxy groups -OCH3 is 1. The molecule has 0 amide bonds. The predicted octanol–water partition coefficient (Wildman–Crippen LogP) is 7.94. The summed E-state index contributed by atoms with van der Waals surface area (Å²) < 4.78 is 33.9. The molecule has 0 spiro atoms. The number of para-hydroxylation sites is 1. The van der Waals surface area contributed by atoms with Gasteiger partial charge in [-0.2, -0.15) is 9.78 Å². The molecule has 0 aliphatic rings. The predicted molar refractivity (Wildman–Crippen MR) is 163 cm³/mol. The van der Waals surface area contributed by atoms with Crippen molar-refractivity contribution in [3.8, 4) is 23.1 Å². The summed E-state index contributed by atoms with van der Waals surface area (Å²) in [5, 5.41) is 5.81. The molecule has 7 nitrogen and oxygen atoms in total. The van der Waals surface area contributed by atoms with Gasteiger partial charge in [0.15, 0.2) is 17.3 Å². The average Bonchev–Trinajstić information content (AvgIpc) is 3.39. The van der Waals surface area contributed by atoms with E-state index in [9.17, 15) is 9.18 Å². The van der Waals surface area contributed by atoms with E-state index in [-0.39, 0.29) is 23.8 Å². The highest BCUT2D eigenvalue weighted by molar-refractivity contribution is 9.10. The molecule has 41 heavy (non-hydrogen) atoms. The molecule has 0 aliphatic heterocycles. The zero-order chi connectivity index (χ0) is 28.5. The molecule has 0 fully saturated rings. The van der Waals surface area contributed by atoms with Crippen LogP contribution in [-0.2, 0) is 6.61 Å². The Labute approximate surface area is 250 Å². The molecule has 0 bridgehead atoms. The van der Waals surface area contributed by atoms with Gasteiger partial charge in [0.05, 0.1) is 28.7 Å². The van der Waals surface area contributed by atoms with Gasteiger partial charge in [0.1, 0.15) is 18.0 Å². The monoisotopic (exact) mass is 675 g/mol. The van der Waals surface area contributed by atoms with Gasteiger partial charge in [-0.15, -0.1) is 0 Å². The third kappa shape index (κ3) is 5.53. The topological polar surface area (TPSA) is 78.9 Å². The van der Waals surface area contributed by atoms with Gasteiger partial charge < -0.3 is 13.9 Å².